The molecule has 1 fully saturated rings. The van der Waals surface area contributed by atoms with Gasteiger partial charge in [0.05, 0.1) is 12.1 Å². The van der Waals surface area contributed by atoms with Gasteiger partial charge < -0.3 is 4.90 Å². The Hall–Kier alpha value is -2.24. The summed E-state index contributed by atoms with van der Waals surface area (Å²) in [6.45, 7) is 7.70. The maximum absolute atomic E-state index is 4.29. The number of fused-ring (bicyclic) bond motifs is 1. The summed E-state index contributed by atoms with van der Waals surface area (Å²) < 4.78 is 2.02. The zero-order valence-corrected chi connectivity index (χ0v) is 14.6. The number of para-hydroxylation sites is 1. The van der Waals surface area contributed by atoms with Gasteiger partial charge in [-0.3, -0.25) is 4.90 Å². The zero-order valence-electron chi connectivity index (χ0n) is 14.6. The summed E-state index contributed by atoms with van der Waals surface area (Å²) in [5.74, 6) is 0. The molecule has 3 aromatic rings. The Morgan fingerprint density at radius 3 is 2.20 bits per heavy atom. The van der Waals surface area contributed by atoms with Gasteiger partial charge in [-0.2, -0.15) is 0 Å². The maximum atomic E-state index is 4.29. The lowest BCUT2D eigenvalue weighted by atomic mass is 10.1. The van der Waals surface area contributed by atoms with E-state index in [0.717, 1.165) is 63.3 Å². The van der Waals surface area contributed by atoms with E-state index in [2.05, 4.69) is 56.5 Å². The summed E-state index contributed by atoms with van der Waals surface area (Å²) in [6, 6.07) is 18.9. The molecule has 25 heavy (non-hydrogen) atoms. The van der Waals surface area contributed by atoms with Gasteiger partial charge in [0, 0.05) is 39.3 Å². The maximum Gasteiger partial charge on any atom is 0.113 e. The van der Waals surface area contributed by atoms with Gasteiger partial charge in [0.2, 0.25) is 0 Å². The zero-order chi connectivity index (χ0) is 16.9. The fourth-order valence-electron chi connectivity index (χ4n) is 3.49. The summed E-state index contributed by atoms with van der Waals surface area (Å²) in [6.07, 6.45) is 1.14. The number of rotatable bonds is 6. The van der Waals surface area contributed by atoms with E-state index in [1.807, 2.05) is 22.9 Å². The van der Waals surface area contributed by atoms with Crippen LogP contribution < -0.4 is 0 Å². The summed E-state index contributed by atoms with van der Waals surface area (Å²) >= 11 is 0. The molecule has 1 aliphatic heterocycles. The third kappa shape index (κ3) is 4.06. The molecule has 5 nitrogen and oxygen atoms in total. The van der Waals surface area contributed by atoms with E-state index in [-0.39, 0.29) is 0 Å². The van der Waals surface area contributed by atoms with Crippen molar-refractivity contribution in [1.82, 2.24) is 24.8 Å². The molecule has 2 aromatic carbocycles. The van der Waals surface area contributed by atoms with E-state index in [1.165, 1.54) is 5.56 Å². The number of aromatic nitrogens is 3. The van der Waals surface area contributed by atoms with Crippen LogP contribution in [0.25, 0.3) is 11.0 Å². The van der Waals surface area contributed by atoms with Gasteiger partial charge in [-0.1, -0.05) is 47.7 Å². The van der Waals surface area contributed by atoms with Crippen molar-refractivity contribution in [3.63, 3.8) is 0 Å². The molecule has 1 saturated heterocycles. The highest BCUT2D eigenvalue weighted by molar-refractivity contribution is 5.73. The van der Waals surface area contributed by atoms with Crippen LogP contribution in [0.15, 0.2) is 54.6 Å². The first-order chi connectivity index (χ1) is 12.4. The first-order valence-electron chi connectivity index (χ1n) is 9.15. The van der Waals surface area contributed by atoms with Crippen LogP contribution >= 0.6 is 0 Å². The summed E-state index contributed by atoms with van der Waals surface area (Å²) in [5, 5.41) is 8.52. The van der Waals surface area contributed by atoms with Crippen LogP contribution in [0.3, 0.4) is 0 Å². The highest BCUT2D eigenvalue weighted by atomic mass is 15.4. The molecule has 0 atom stereocenters. The molecule has 1 aromatic heterocycles. The van der Waals surface area contributed by atoms with E-state index in [9.17, 15) is 0 Å². The highest BCUT2D eigenvalue weighted by Crippen LogP contribution is 2.10. The minimum absolute atomic E-state index is 0.907. The fraction of sp³-hybridized carbons (Fsp3) is 0.400. The van der Waals surface area contributed by atoms with Crippen LogP contribution in [-0.4, -0.2) is 64.1 Å². The minimum Gasteiger partial charge on any atom is -0.300 e. The minimum atomic E-state index is 0.907. The first-order valence-corrected chi connectivity index (χ1v) is 9.15. The van der Waals surface area contributed by atoms with Gasteiger partial charge in [0.15, 0.2) is 0 Å². The molecule has 5 heteroatoms. The third-order valence-corrected chi connectivity index (χ3v) is 5.07. The van der Waals surface area contributed by atoms with Crippen LogP contribution in [0.1, 0.15) is 5.56 Å². The summed E-state index contributed by atoms with van der Waals surface area (Å²) in [5.41, 5.74) is 3.54. The largest absolute Gasteiger partial charge is 0.300 e. The SMILES string of the molecule is c1ccc(CCN2CCN(CCn3nnc4ccccc43)CC2)cc1. The molecule has 0 bridgehead atoms. The van der Waals surface area contributed by atoms with Crippen molar-refractivity contribution in [2.24, 2.45) is 0 Å². The molecule has 0 saturated carbocycles. The van der Waals surface area contributed by atoms with Gasteiger partial charge in [0.1, 0.15) is 5.52 Å². The topological polar surface area (TPSA) is 37.2 Å². The number of nitrogens with zero attached hydrogens (tertiary/aromatic N) is 5. The number of hydrogen-bond acceptors (Lipinski definition) is 4. The molecule has 0 spiro atoms. The Bertz CT molecular complexity index is 790. The molecular formula is C20H25N5. The lowest BCUT2D eigenvalue weighted by Crippen LogP contribution is -2.47. The Kier molecular flexibility index (Phi) is 5.04. The Labute approximate surface area is 148 Å². The van der Waals surface area contributed by atoms with Crippen molar-refractivity contribution in [1.29, 1.82) is 0 Å². The summed E-state index contributed by atoms with van der Waals surface area (Å²) in [7, 11) is 0. The first kappa shape index (κ1) is 16.2. The Morgan fingerprint density at radius 1 is 0.720 bits per heavy atom. The van der Waals surface area contributed by atoms with E-state index in [1.54, 1.807) is 0 Å². The van der Waals surface area contributed by atoms with Crippen molar-refractivity contribution >= 4 is 11.0 Å². The molecule has 130 valence electrons. The van der Waals surface area contributed by atoms with Crippen LogP contribution in [0.5, 0.6) is 0 Å². The molecule has 2 heterocycles. The lowest BCUT2D eigenvalue weighted by Gasteiger charge is -2.34. The predicted octanol–water partition coefficient (Wildman–Crippen LogP) is 2.29. The van der Waals surface area contributed by atoms with Crippen molar-refractivity contribution < 1.29 is 0 Å². The smallest absolute Gasteiger partial charge is 0.113 e. The Morgan fingerprint density at radius 2 is 1.40 bits per heavy atom. The number of hydrogen-bond donors (Lipinski definition) is 0. The van der Waals surface area contributed by atoms with E-state index >= 15 is 0 Å². The predicted molar refractivity (Wildman–Crippen MR) is 101 cm³/mol. The number of benzene rings is 2. The van der Waals surface area contributed by atoms with Crippen molar-refractivity contribution in [3.05, 3.63) is 60.2 Å². The molecule has 1 aliphatic rings. The highest BCUT2D eigenvalue weighted by Gasteiger charge is 2.16. The standard InChI is InChI=1S/C20H25N5/c1-2-6-18(7-3-1)10-11-23-12-14-24(15-13-23)16-17-25-20-9-5-4-8-19(20)21-22-25/h1-9H,10-17H2. The average molecular weight is 335 g/mol. The van der Waals surface area contributed by atoms with Crippen LogP contribution in [-0.2, 0) is 13.0 Å². The molecule has 0 unspecified atom stereocenters. The van der Waals surface area contributed by atoms with Crippen LogP contribution in [0, 0.1) is 0 Å². The Balaban J connectivity index is 1.22. The van der Waals surface area contributed by atoms with Crippen LogP contribution in [0.4, 0.5) is 0 Å². The van der Waals surface area contributed by atoms with Crippen molar-refractivity contribution in [3.8, 4) is 0 Å². The van der Waals surface area contributed by atoms with Gasteiger partial charge in [0.25, 0.3) is 0 Å². The van der Waals surface area contributed by atoms with E-state index in [4.69, 9.17) is 0 Å². The second kappa shape index (κ2) is 7.76. The molecule has 0 N–H and O–H groups in total. The number of piperazine rings is 1. The normalized spacial score (nSPS) is 16.5. The monoisotopic (exact) mass is 335 g/mol. The third-order valence-electron chi connectivity index (χ3n) is 5.07. The van der Waals surface area contributed by atoms with Gasteiger partial charge in [-0.25, -0.2) is 4.68 Å². The molecule has 4 rings (SSSR count). The van der Waals surface area contributed by atoms with E-state index in [0.29, 0.717) is 0 Å². The van der Waals surface area contributed by atoms with Crippen molar-refractivity contribution in [2.75, 3.05) is 39.3 Å². The second-order valence-electron chi connectivity index (χ2n) is 6.72. The lowest BCUT2D eigenvalue weighted by molar-refractivity contribution is 0.129. The van der Waals surface area contributed by atoms with E-state index < -0.39 is 0 Å². The molecule has 0 radical (unpaired) electrons. The fourth-order valence-corrected chi connectivity index (χ4v) is 3.49. The van der Waals surface area contributed by atoms with Gasteiger partial charge in [-0.15, -0.1) is 5.10 Å². The summed E-state index contributed by atoms with van der Waals surface area (Å²) in [4.78, 5) is 5.11. The second-order valence-corrected chi connectivity index (χ2v) is 6.72. The van der Waals surface area contributed by atoms with Gasteiger partial charge in [-0.05, 0) is 24.1 Å². The molecule has 0 amide bonds. The van der Waals surface area contributed by atoms with Crippen LogP contribution in [0.2, 0.25) is 0 Å². The molecule has 0 aliphatic carbocycles. The quantitative estimate of drug-likeness (QED) is 0.693. The average Bonchev–Trinajstić information content (AvgIpc) is 3.10. The van der Waals surface area contributed by atoms with Gasteiger partial charge >= 0.3 is 0 Å². The van der Waals surface area contributed by atoms with Crippen molar-refractivity contribution in [2.45, 2.75) is 13.0 Å². The molecular weight excluding hydrogens is 310 g/mol.